The third-order valence-corrected chi connectivity index (χ3v) is 12.1. The Kier molecular flexibility index (Phi) is 12.5. The van der Waals surface area contributed by atoms with Gasteiger partial charge in [0.25, 0.3) is 12.3 Å². The number of carbonyl (C=O) groups excluding carboxylic acids is 3. The summed E-state index contributed by atoms with van der Waals surface area (Å²) in [6.45, 7) is 6.08. The van der Waals surface area contributed by atoms with Gasteiger partial charge < -0.3 is 24.9 Å². The Morgan fingerprint density at radius 1 is 0.902 bits per heavy atom. The number of piperazine rings is 1. The molecule has 4 amide bonds. The van der Waals surface area contributed by atoms with E-state index in [0.717, 1.165) is 102 Å². The highest BCUT2D eigenvalue weighted by atomic mass is 19.4. The molecular weight excluding hydrogens is 806 g/mol. The summed E-state index contributed by atoms with van der Waals surface area (Å²) < 4.78 is 73.0. The van der Waals surface area contributed by atoms with Crippen LogP contribution in [0.4, 0.5) is 49.6 Å². The minimum absolute atomic E-state index is 0.0588. The number of carbonyl (C=O) groups is 3. The summed E-state index contributed by atoms with van der Waals surface area (Å²) in [7, 11) is 0. The summed E-state index contributed by atoms with van der Waals surface area (Å²) in [6.07, 6.45) is 2.24. The van der Waals surface area contributed by atoms with E-state index in [9.17, 15) is 36.3 Å². The van der Waals surface area contributed by atoms with E-state index in [0.29, 0.717) is 24.9 Å². The van der Waals surface area contributed by atoms with Crippen LogP contribution in [0, 0.1) is 5.92 Å². The minimum atomic E-state index is -4.45. The molecule has 0 unspecified atom stereocenters. The number of oxazole rings is 1. The number of piperidine rings is 1. The molecule has 1 aliphatic carbocycles. The van der Waals surface area contributed by atoms with E-state index in [2.05, 4.69) is 57.8 Å². The zero-order chi connectivity index (χ0) is 42.7. The molecule has 0 spiro atoms. The lowest BCUT2D eigenvalue weighted by molar-refractivity contribution is -0.120. The summed E-state index contributed by atoms with van der Waals surface area (Å²) in [5, 5.41) is 11.2. The van der Waals surface area contributed by atoms with Crippen LogP contribution in [0.1, 0.15) is 73.6 Å². The van der Waals surface area contributed by atoms with E-state index in [1.807, 2.05) is 12.1 Å². The highest BCUT2D eigenvalue weighted by molar-refractivity contribution is 6.05. The van der Waals surface area contributed by atoms with E-state index in [-0.39, 0.29) is 46.6 Å². The van der Waals surface area contributed by atoms with Crippen LogP contribution < -0.4 is 25.8 Å². The Morgan fingerprint density at radius 2 is 1.62 bits per heavy atom. The largest absolute Gasteiger partial charge is 0.444 e. The number of hydrogen-bond donors (Lipinski definition) is 3. The Balaban J connectivity index is 0.770. The zero-order valence-electron chi connectivity index (χ0n) is 33.4. The second-order valence-corrected chi connectivity index (χ2v) is 16.1. The van der Waals surface area contributed by atoms with Gasteiger partial charge in [0.1, 0.15) is 18.6 Å². The number of urea groups is 1. The van der Waals surface area contributed by atoms with Crippen molar-refractivity contribution in [3.8, 4) is 11.5 Å². The molecule has 8 rings (SSSR count). The number of rotatable bonds is 12. The first-order valence-corrected chi connectivity index (χ1v) is 20.7. The molecule has 1 aromatic carbocycles. The highest BCUT2D eigenvalue weighted by Gasteiger charge is 2.32. The molecule has 61 heavy (non-hydrogen) atoms. The number of pyridine rings is 1. The SMILES string of the molecule is O=C1CCN(c2ccc(N3CCC(N4CCN(CC5CCC(n6cc(NC(=O)c7coc(-c8ccnc(NCC(F)(F)F)c8)n7)c(C(F)F)n6)CC5)CC4)CC3)cc2)C(=O)N1. The molecule has 6 heterocycles. The quantitative estimate of drug-likeness (QED) is 0.133. The van der Waals surface area contributed by atoms with Crippen molar-refractivity contribution >= 4 is 40.7 Å². The molecular formula is C41H48F5N11O4. The van der Waals surface area contributed by atoms with Crippen molar-refractivity contribution in [2.45, 2.75) is 69.6 Å². The molecule has 3 saturated heterocycles. The number of anilines is 4. The van der Waals surface area contributed by atoms with Crippen LogP contribution >= 0.6 is 0 Å². The molecule has 326 valence electrons. The van der Waals surface area contributed by atoms with Crippen molar-refractivity contribution in [1.82, 2.24) is 34.9 Å². The summed E-state index contributed by atoms with van der Waals surface area (Å²) >= 11 is 0. The van der Waals surface area contributed by atoms with E-state index in [1.54, 1.807) is 4.90 Å². The van der Waals surface area contributed by atoms with Gasteiger partial charge in [0, 0.05) is 94.2 Å². The monoisotopic (exact) mass is 853 g/mol. The Bertz CT molecular complexity index is 2160. The second-order valence-electron chi connectivity index (χ2n) is 16.1. The van der Waals surface area contributed by atoms with Gasteiger partial charge in [0.15, 0.2) is 11.4 Å². The van der Waals surface area contributed by atoms with Crippen LogP contribution in [-0.4, -0.2) is 119 Å². The summed E-state index contributed by atoms with van der Waals surface area (Å²) in [5.41, 5.74) is 1.30. The van der Waals surface area contributed by atoms with Gasteiger partial charge in [-0.25, -0.2) is 23.5 Å². The lowest BCUT2D eigenvalue weighted by Crippen LogP contribution is -2.54. The second kappa shape index (κ2) is 18.2. The number of alkyl halides is 5. The van der Waals surface area contributed by atoms with Crippen molar-refractivity contribution in [2.24, 2.45) is 5.92 Å². The van der Waals surface area contributed by atoms with Gasteiger partial charge in [-0.2, -0.15) is 18.3 Å². The molecule has 4 aliphatic rings. The molecule has 3 aromatic heterocycles. The average molecular weight is 854 g/mol. The van der Waals surface area contributed by atoms with Gasteiger partial charge in [-0.3, -0.25) is 29.4 Å². The average Bonchev–Trinajstić information content (AvgIpc) is 3.93. The van der Waals surface area contributed by atoms with Crippen molar-refractivity contribution in [3.63, 3.8) is 0 Å². The number of amides is 4. The van der Waals surface area contributed by atoms with Crippen LogP contribution in [0.25, 0.3) is 11.5 Å². The van der Waals surface area contributed by atoms with Crippen molar-refractivity contribution in [3.05, 3.63) is 66.4 Å². The lowest BCUT2D eigenvalue weighted by atomic mass is 9.85. The van der Waals surface area contributed by atoms with Crippen LogP contribution in [0.5, 0.6) is 0 Å². The number of nitrogens with one attached hydrogen (secondary N) is 3. The number of imide groups is 1. The molecule has 20 heteroatoms. The third kappa shape index (κ3) is 10.3. The van der Waals surface area contributed by atoms with Gasteiger partial charge in [-0.15, -0.1) is 0 Å². The zero-order valence-corrected chi connectivity index (χ0v) is 33.4. The number of halogens is 5. The molecule has 4 aromatic rings. The fraction of sp³-hybridized carbons (Fsp3) is 0.512. The lowest BCUT2D eigenvalue weighted by Gasteiger charge is -2.44. The van der Waals surface area contributed by atoms with Crippen LogP contribution in [0.15, 0.2) is 59.5 Å². The first-order valence-electron chi connectivity index (χ1n) is 20.7. The Labute approximate surface area is 348 Å². The van der Waals surface area contributed by atoms with Crippen LogP contribution in [-0.2, 0) is 4.79 Å². The minimum Gasteiger partial charge on any atom is -0.444 e. The number of benzene rings is 1. The summed E-state index contributed by atoms with van der Waals surface area (Å²) in [5.74, 6) is -0.683. The molecule has 0 bridgehead atoms. The van der Waals surface area contributed by atoms with E-state index >= 15 is 0 Å². The molecule has 4 fully saturated rings. The van der Waals surface area contributed by atoms with Gasteiger partial charge in [-0.1, -0.05) is 0 Å². The fourth-order valence-electron chi connectivity index (χ4n) is 8.81. The standard InChI is InChI=1S/C41H48F5N11O4/c42-37(43)36-32(49-38(59)33-24-61-39(50-33)27-9-13-47-34(21-27)48-25-41(44,45)46)23-57(52-36)31-3-1-26(2-4-31)22-53-17-19-55(20-18-53)29-10-14-54(15-11-29)28-5-7-30(8-6-28)56-16-12-35(58)51-40(56)60/h5-9,13,21,23-24,26,29,31,37H,1-4,10-12,14-20,22,25H2,(H,47,48)(H,49,59)(H,51,58,60). The van der Waals surface area contributed by atoms with E-state index in [1.165, 1.54) is 29.2 Å². The first-order chi connectivity index (χ1) is 29.3. The molecule has 3 N–H and O–H groups in total. The number of aromatic nitrogens is 4. The third-order valence-electron chi connectivity index (χ3n) is 12.1. The fourth-order valence-corrected chi connectivity index (χ4v) is 8.81. The topological polar surface area (TPSA) is 157 Å². The molecule has 15 nitrogen and oxygen atoms in total. The van der Waals surface area contributed by atoms with Gasteiger partial charge in [0.05, 0.1) is 11.7 Å². The maximum absolute atomic E-state index is 14.1. The number of nitrogens with zero attached hydrogens (tertiary/aromatic N) is 8. The smallest absolute Gasteiger partial charge is 0.405 e. The Morgan fingerprint density at radius 3 is 2.31 bits per heavy atom. The number of hydrogen-bond acceptors (Lipinski definition) is 11. The Hall–Kier alpha value is -5.63. The van der Waals surface area contributed by atoms with Gasteiger partial charge in [0.2, 0.25) is 11.8 Å². The van der Waals surface area contributed by atoms with E-state index < -0.39 is 30.7 Å². The normalized spacial score (nSPS) is 21.2. The van der Waals surface area contributed by atoms with Crippen LogP contribution in [0.2, 0.25) is 0 Å². The molecule has 0 atom stereocenters. The first kappa shape index (κ1) is 42.1. The maximum Gasteiger partial charge on any atom is 0.405 e. The molecule has 0 radical (unpaired) electrons. The summed E-state index contributed by atoms with van der Waals surface area (Å²) in [6, 6.07) is 10.8. The van der Waals surface area contributed by atoms with Gasteiger partial charge in [-0.05, 0) is 80.8 Å². The van der Waals surface area contributed by atoms with Crippen molar-refractivity contribution in [2.75, 3.05) is 79.3 Å². The van der Waals surface area contributed by atoms with Crippen LogP contribution in [0.3, 0.4) is 0 Å². The van der Waals surface area contributed by atoms with Crippen molar-refractivity contribution < 1.29 is 40.8 Å². The van der Waals surface area contributed by atoms with Crippen molar-refractivity contribution in [1.29, 1.82) is 0 Å². The molecule has 3 aliphatic heterocycles. The van der Waals surface area contributed by atoms with E-state index in [4.69, 9.17) is 4.42 Å². The predicted molar refractivity (Wildman–Crippen MR) is 216 cm³/mol. The summed E-state index contributed by atoms with van der Waals surface area (Å²) in [4.78, 5) is 53.9. The predicted octanol–water partition coefficient (Wildman–Crippen LogP) is 6.56. The van der Waals surface area contributed by atoms with Gasteiger partial charge >= 0.3 is 12.2 Å². The highest BCUT2D eigenvalue weighted by Crippen LogP contribution is 2.36. The maximum atomic E-state index is 14.1. The molecule has 1 saturated carbocycles.